The minimum Gasteiger partial charge on any atom is -0.480 e. The van der Waals surface area contributed by atoms with Crippen molar-refractivity contribution < 1.29 is 24.2 Å². The molecular weight excluding hydrogens is 314 g/mol. The molecule has 0 aliphatic carbocycles. The van der Waals surface area contributed by atoms with E-state index in [1.54, 1.807) is 13.1 Å². The summed E-state index contributed by atoms with van der Waals surface area (Å²) in [7, 11) is -0.563. The molecule has 0 amide bonds. The Morgan fingerprint density at radius 3 is 2.13 bits per heavy atom. The van der Waals surface area contributed by atoms with Crippen molar-refractivity contribution in [3.63, 3.8) is 0 Å². The van der Waals surface area contributed by atoms with Gasteiger partial charge in [-0.05, 0) is 37.5 Å². The van der Waals surface area contributed by atoms with Gasteiger partial charge in [0.05, 0.1) is 6.10 Å². The molecule has 0 bridgehead atoms. The SMILES string of the molecule is CN[C@H](C(=O)O)[C@H](O[Si](C)(C)C(C)(C)C)[C@H](C)CC=CC(=O)O. The second-order valence-electron chi connectivity index (χ2n) is 7.40. The van der Waals surface area contributed by atoms with Crippen LogP contribution in [0.25, 0.3) is 0 Å². The molecular formula is C16H31NO5Si. The van der Waals surface area contributed by atoms with Gasteiger partial charge in [0.1, 0.15) is 6.04 Å². The summed E-state index contributed by atoms with van der Waals surface area (Å²) in [6.07, 6.45) is 2.53. The average Bonchev–Trinajstić information content (AvgIpc) is 2.35. The maximum Gasteiger partial charge on any atom is 0.327 e. The van der Waals surface area contributed by atoms with Gasteiger partial charge in [0.2, 0.25) is 0 Å². The van der Waals surface area contributed by atoms with Gasteiger partial charge in [-0.25, -0.2) is 4.79 Å². The Labute approximate surface area is 140 Å². The van der Waals surface area contributed by atoms with Crippen LogP contribution < -0.4 is 5.32 Å². The third-order valence-corrected chi connectivity index (χ3v) is 8.95. The third-order valence-electron chi connectivity index (χ3n) is 4.47. The zero-order chi connectivity index (χ0) is 18.4. The van der Waals surface area contributed by atoms with Gasteiger partial charge in [0, 0.05) is 6.08 Å². The van der Waals surface area contributed by atoms with E-state index in [0.29, 0.717) is 6.42 Å². The van der Waals surface area contributed by atoms with E-state index in [4.69, 9.17) is 9.53 Å². The molecule has 0 saturated carbocycles. The summed E-state index contributed by atoms with van der Waals surface area (Å²) in [5.74, 6) is -2.11. The summed E-state index contributed by atoms with van der Waals surface area (Å²) >= 11 is 0. The minimum atomic E-state index is -2.16. The van der Waals surface area contributed by atoms with Gasteiger partial charge in [0.25, 0.3) is 0 Å². The number of carboxylic acid groups (broad SMARTS) is 2. The van der Waals surface area contributed by atoms with Crippen molar-refractivity contribution in [2.75, 3.05) is 7.05 Å². The van der Waals surface area contributed by atoms with E-state index in [1.807, 2.05) is 6.92 Å². The highest BCUT2D eigenvalue weighted by Gasteiger charge is 2.43. The lowest BCUT2D eigenvalue weighted by Gasteiger charge is -2.42. The Hall–Kier alpha value is -1.18. The van der Waals surface area contributed by atoms with Crippen LogP contribution in [0.4, 0.5) is 0 Å². The van der Waals surface area contributed by atoms with Crippen LogP contribution in [0.15, 0.2) is 12.2 Å². The molecule has 0 radical (unpaired) electrons. The van der Waals surface area contributed by atoms with Crippen molar-refractivity contribution >= 4 is 20.3 Å². The van der Waals surface area contributed by atoms with Crippen LogP contribution in [0, 0.1) is 5.92 Å². The number of aliphatic carboxylic acids is 2. The molecule has 0 saturated heterocycles. The summed E-state index contributed by atoms with van der Waals surface area (Å²) < 4.78 is 6.35. The average molecular weight is 346 g/mol. The maximum absolute atomic E-state index is 11.6. The molecule has 0 aliphatic rings. The van der Waals surface area contributed by atoms with E-state index in [2.05, 4.69) is 39.2 Å². The van der Waals surface area contributed by atoms with E-state index in [0.717, 1.165) is 6.08 Å². The molecule has 7 heteroatoms. The standard InChI is InChI=1S/C16H31NO5Si/c1-11(9-8-10-12(18)19)14(13(17-5)15(20)21)22-23(6,7)16(2,3)4/h8,10-11,13-14,17H,9H2,1-7H3,(H,18,19)(H,20,21)/t11-,13+,14-/m1/s1. The summed E-state index contributed by atoms with van der Waals surface area (Å²) in [6, 6.07) is -0.836. The van der Waals surface area contributed by atoms with Crippen molar-refractivity contribution in [1.82, 2.24) is 5.32 Å². The molecule has 0 aliphatic heterocycles. The molecule has 3 N–H and O–H groups in total. The van der Waals surface area contributed by atoms with Gasteiger partial charge in [-0.15, -0.1) is 0 Å². The molecule has 0 fully saturated rings. The van der Waals surface area contributed by atoms with Crippen LogP contribution in [0.3, 0.4) is 0 Å². The van der Waals surface area contributed by atoms with Crippen LogP contribution in [0.2, 0.25) is 18.1 Å². The van der Waals surface area contributed by atoms with Gasteiger partial charge in [0.15, 0.2) is 8.32 Å². The number of likely N-dealkylation sites (N-methyl/N-ethyl adjacent to an activating group) is 1. The van der Waals surface area contributed by atoms with Crippen molar-refractivity contribution in [2.45, 2.75) is 64.4 Å². The van der Waals surface area contributed by atoms with Gasteiger partial charge in [-0.2, -0.15) is 0 Å². The Morgan fingerprint density at radius 1 is 1.26 bits per heavy atom. The normalized spacial score (nSPS) is 17.0. The van der Waals surface area contributed by atoms with Gasteiger partial charge >= 0.3 is 11.9 Å². The Bertz CT molecular complexity index is 442. The number of hydrogen-bond acceptors (Lipinski definition) is 4. The van der Waals surface area contributed by atoms with E-state index in [9.17, 15) is 14.7 Å². The highest BCUT2D eigenvalue weighted by atomic mass is 28.4. The smallest absolute Gasteiger partial charge is 0.327 e. The summed E-state index contributed by atoms with van der Waals surface area (Å²) in [5.41, 5.74) is 0. The molecule has 0 aromatic heterocycles. The minimum absolute atomic E-state index is 0.0430. The fourth-order valence-electron chi connectivity index (χ4n) is 1.98. The number of hydrogen-bond donors (Lipinski definition) is 3. The Morgan fingerprint density at radius 2 is 1.78 bits per heavy atom. The van der Waals surface area contributed by atoms with Gasteiger partial charge in [-0.3, -0.25) is 4.79 Å². The summed E-state index contributed by atoms with van der Waals surface area (Å²) in [4.78, 5) is 22.1. The second kappa shape index (κ2) is 8.61. The van der Waals surface area contributed by atoms with Crippen molar-refractivity contribution in [3.8, 4) is 0 Å². The van der Waals surface area contributed by atoms with Crippen LogP contribution in [-0.4, -0.2) is 49.7 Å². The van der Waals surface area contributed by atoms with Crippen LogP contribution in [0.1, 0.15) is 34.1 Å². The molecule has 6 nitrogen and oxygen atoms in total. The second-order valence-corrected chi connectivity index (χ2v) is 12.2. The number of carboxylic acids is 2. The molecule has 134 valence electrons. The fourth-order valence-corrected chi connectivity index (χ4v) is 3.38. The van der Waals surface area contributed by atoms with Gasteiger partial charge in [-0.1, -0.05) is 33.8 Å². The predicted octanol–water partition coefficient (Wildman–Crippen LogP) is 2.72. The first-order chi connectivity index (χ1) is 10.3. The van der Waals surface area contributed by atoms with Crippen molar-refractivity contribution in [2.24, 2.45) is 5.92 Å². The fraction of sp³-hybridized carbons (Fsp3) is 0.750. The number of nitrogens with one attached hydrogen (secondary N) is 1. The first kappa shape index (κ1) is 21.8. The molecule has 0 aromatic rings. The zero-order valence-corrected chi connectivity index (χ0v) is 16.2. The monoisotopic (exact) mass is 345 g/mol. The summed E-state index contributed by atoms with van der Waals surface area (Å²) in [5, 5.41) is 20.9. The van der Waals surface area contributed by atoms with E-state index < -0.39 is 32.4 Å². The topological polar surface area (TPSA) is 95.9 Å². The highest BCUT2D eigenvalue weighted by molar-refractivity contribution is 6.74. The van der Waals surface area contributed by atoms with Gasteiger partial charge < -0.3 is 20.0 Å². The molecule has 0 rings (SSSR count). The molecule has 0 spiro atoms. The number of carbonyl (C=O) groups is 2. The van der Waals surface area contributed by atoms with Crippen molar-refractivity contribution in [3.05, 3.63) is 12.2 Å². The lowest BCUT2D eigenvalue weighted by molar-refractivity contribution is -0.143. The zero-order valence-electron chi connectivity index (χ0n) is 15.2. The number of rotatable bonds is 9. The third kappa shape index (κ3) is 6.84. The van der Waals surface area contributed by atoms with E-state index in [-0.39, 0.29) is 11.0 Å². The highest BCUT2D eigenvalue weighted by Crippen LogP contribution is 2.38. The largest absolute Gasteiger partial charge is 0.480 e. The first-order valence-electron chi connectivity index (χ1n) is 7.81. The molecule has 0 aromatic carbocycles. The van der Waals surface area contributed by atoms with Crippen LogP contribution >= 0.6 is 0 Å². The molecule has 23 heavy (non-hydrogen) atoms. The van der Waals surface area contributed by atoms with Crippen LogP contribution in [-0.2, 0) is 14.0 Å². The Kier molecular flexibility index (Phi) is 8.17. The molecule has 0 heterocycles. The van der Waals surface area contributed by atoms with E-state index >= 15 is 0 Å². The summed E-state index contributed by atoms with van der Waals surface area (Å²) in [6.45, 7) is 12.3. The molecule has 3 atom stereocenters. The molecule has 0 unspecified atom stereocenters. The lowest BCUT2D eigenvalue weighted by atomic mass is 9.94. The van der Waals surface area contributed by atoms with Crippen molar-refractivity contribution in [1.29, 1.82) is 0 Å². The lowest BCUT2D eigenvalue weighted by Crippen LogP contribution is -2.55. The number of allylic oxidation sites excluding steroid dienone is 1. The first-order valence-corrected chi connectivity index (χ1v) is 10.7. The Balaban J connectivity index is 5.39. The van der Waals surface area contributed by atoms with E-state index in [1.165, 1.54) is 0 Å². The maximum atomic E-state index is 11.6. The quantitative estimate of drug-likeness (QED) is 0.439. The predicted molar refractivity (Wildman–Crippen MR) is 93.1 cm³/mol. The van der Waals surface area contributed by atoms with Crippen LogP contribution in [0.5, 0.6) is 0 Å².